The molecule has 108 valence electrons. The predicted octanol–water partition coefficient (Wildman–Crippen LogP) is 3.36. The highest BCUT2D eigenvalue weighted by atomic mass is 16.5. The second-order valence-corrected chi connectivity index (χ2v) is 5.21. The second-order valence-electron chi connectivity index (χ2n) is 5.21. The maximum Gasteiger partial charge on any atom is 0.338 e. The number of carbonyl (C=O) groups excluding carboxylic acids is 1. The molecule has 21 heavy (non-hydrogen) atoms. The molecule has 4 heteroatoms. The minimum absolute atomic E-state index is 0.265. The van der Waals surface area contributed by atoms with Gasteiger partial charge in [-0.25, -0.2) is 4.79 Å². The zero-order valence-corrected chi connectivity index (χ0v) is 12.0. The maximum absolute atomic E-state index is 11.9. The number of ether oxygens (including phenoxy) is 1. The Hall–Kier alpha value is -2.36. The van der Waals surface area contributed by atoms with Crippen LogP contribution in [0.5, 0.6) is 0 Å². The summed E-state index contributed by atoms with van der Waals surface area (Å²) >= 11 is 0. The smallest absolute Gasteiger partial charge is 0.338 e. The Kier molecular flexibility index (Phi) is 3.86. The van der Waals surface area contributed by atoms with E-state index in [0.29, 0.717) is 18.0 Å². The van der Waals surface area contributed by atoms with E-state index in [-0.39, 0.29) is 5.97 Å². The van der Waals surface area contributed by atoms with E-state index in [0.717, 1.165) is 29.8 Å². The van der Waals surface area contributed by atoms with Gasteiger partial charge in [-0.15, -0.1) is 0 Å². The molecule has 3 rings (SSSR count). The summed E-state index contributed by atoms with van der Waals surface area (Å²) in [6.45, 7) is 0.644. The number of rotatable bonds is 5. The molecule has 2 aromatic rings. The third-order valence-corrected chi connectivity index (χ3v) is 3.68. The van der Waals surface area contributed by atoms with E-state index in [1.54, 1.807) is 6.20 Å². The molecule has 4 nitrogen and oxygen atoms in total. The molecule has 0 saturated heterocycles. The molecule has 0 aliphatic heterocycles. The van der Waals surface area contributed by atoms with Gasteiger partial charge in [0.1, 0.15) is 0 Å². The van der Waals surface area contributed by atoms with Gasteiger partial charge >= 0.3 is 5.97 Å². The molecule has 0 amide bonds. The molecule has 1 saturated carbocycles. The topological polar surface area (TPSA) is 51.2 Å². The number of carbonyl (C=O) groups is 1. The number of aromatic nitrogens is 1. The average Bonchev–Trinajstić information content (AvgIpc) is 3.37. The Labute approximate surface area is 124 Å². The molecular formula is C17H18N2O2. The van der Waals surface area contributed by atoms with Gasteiger partial charge < -0.3 is 10.1 Å². The predicted molar refractivity (Wildman–Crippen MR) is 81.3 cm³/mol. The molecule has 0 spiro atoms. The van der Waals surface area contributed by atoms with Crippen LogP contribution in [0, 0.1) is 0 Å². The molecule has 0 atom stereocenters. The van der Waals surface area contributed by atoms with Crippen molar-refractivity contribution >= 4 is 11.7 Å². The van der Waals surface area contributed by atoms with Gasteiger partial charge in [-0.2, -0.15) is 0 Å². The van der Waals surface area contributed by atoms with Gasteiger partial charge in [0, 0.05) is 11.9 Å². The largest absolute Gasteiger partial charge is 0.465 e. The summed E-state index contributed by atoms with van der Waals surface area (Å²) < 4.78 is 4.89. The highest BCUT2D eigenvalue weighted by molar-refractivity contribution is 5.93. The fraction of sp³-hybridized carbons (Fsp3) is 0.294. The first-order valence-electron chi connectivity index (χ1n) is 7.14. The molecule has 0 bridgehead atoms. The summed E-state index contributed by atoms with van der Waals surface area (Å²) in [5.41, 5.74) is 3.74. The standard InChI is InChI=1S/C17H18N2O2/c1-21-17(20)14-6-4-7-15(16(14)12-8-9-12)19-11-13-5-2-3-10-18-13/h2-7,10,12,19H,8-9,11H2,1H3. The quantitative estimate of drug-likeness (QED) is 0.854. The van der Waals surface area contributed by atoms with Crippen molar-refractivity contribution in [3.05, 3.63) is 59.4 Å². The highest BCUT2D eigenvalue weighted by Gasteiger charge is 2.30. The van der Waals surface area contributed by atoms with Gasteiger partial charge in [-0.1, -0.05) is 12.1 Å². The lowest BCUT2D eigenvalue weighted by atomic mass is 10.0. The minimum atomic E-state index is -0.265. The van der Waals surface area contributed by atoms with Crippen molar-refractivity contribution in [1.82, 2.24) is 4.98 Å². The third-order valence-electron chi connectivity index (χ3n) is 3.68. The molecule has 1 aliphatic rings. The van der Waals surface area contributed by atoms with Crippen LogP contribution in [0.25, 0.3) is 0 Å². The van der Waals surface area contributed by atoms with E-state index in [1.807, 2.05) is 36.4 Å². The Balaban J connectivity index is 1.86. The molecule has 1 aromatic heterocycles. The summed E-state index contributed by atoms with van der Waals surface area (Å²) in [5, 5.41) is 3.40. The summed E-state index contributed by atoms with van der Waals surface area (Å²) in [7, 11) is 1.42. The van der Waals surface area contributed by atoms with E-state index in [2.05, 4.69) is 10.3 Å². The van der Waals surface area contributed by atoms with Crippen molar-refractivity contribution in [1.29, 1.82) is 0 Å². The van der Waals surface area contributed by atoms with Crippen molar-refractivity contribution in [2.24, 2.45) is 0 Å². The molecule has 1 heterocycles. The molecule has 1 fully saturated rings. The lowest BCUT2D eigenvalue weighted by Crippen LogP contribution is -2.09. The molecule has 0 unspecified atom stereocenters. The van der Waals surface area contributed by atoms with E-state index >= 15 is 0 Å². The first kappa shape index (κ1) is 13.6. The normalized spacial score (nSPS) is 13.8. The molecule has 0 radical (unpaired) electrons. The first-order valence-corrected chi connectivity index (χ1v) is 7.14. The van der Waals surface area contributed by atoms with Crippen LogP contribution >= 0.6 is 0 Å². The zero-order chi connectivity index (χ0) is 14.7. The van der Waals surface area contributed by atoms with Crippen LogP contribution in [-0.2, 0) is 11.3 Å². The Morgan fingerprint density at radius 1 is 1.29 bits per heavy atom. The molecular weight excluding hydrogens is 264 g/mol. The van der Waals surface area contributed by atoms with Crippen LogP contribution in [0.1, 0.15) is 40.4 Å². The van der Waals surface area contributed by atoms with Crippen LogP contribution < -0.4 is 5.32 Å². The fourth-order valence-electron chi connectivity index (χ4n) is 2.51. The number of anilines is 1. The van der Waals surface area contributed by atoms with Crippen molar-refractivity contribution in [2.45, 2.75) is 25.3 Å². The molecule has 1 N–H and O–H groups in total. The van der Waals surface area contributed by atoms with Gasteiger partial charge in [-0.3, -0.25) is 4.98 Å². The molecule has 1 aliphatic carbocycles. The fourth-order valence-corrected chi connectivity index (χ4v) is 2.51. The number of pyridine rings is 1. The number of esters is 1. The Morgan fingerprint density at radius 2 is 2.14 bits per heavy atom. The van der Waals surface area contributed by atoms with Gasteiger partial charge in [0.15, 0.2) is 0 Å². The van der Waals surface area contributed by atoms with Crippen LogP contribution in [0.15, 0.2) is 42.6 Å². The lowest BCUT2D eigenvalue weighted by molar-refractivity contribution is 0.0599. The van der Waals surface area contributed by atoms with E-state index in [1.165, 1.54) is 7.11 Å². The van der Waals surface area contributed by atoms with Gasteiger partial charge in [0.25, 0.3) is 0 Å². The van der Waals surface area contributed by atoms with Gasteiger partial charge in [0.05, 0.1) is 24.9 Å². The maximum atomic E-state index is 11.9. The van der Waals surface area contributed by atoms with Gasteiger partial charge in [-0.05, 0) is 48.6 Å². The summed E-state index contributed by atoms with van der Waals surface area (Å²) in [6.07, 6.45) is 4.04. The van der Waals surface area contributed by atoms with Crippen LogP contribution in [0.4, 0.5) is 5.69 Å². The van der Waals surface area contributed by atoms with Crippen LogP contribution in [-0.4, -0.2) is 18.1 Å². The summed E-state index contributed by atoms with van der Waals surface area (Å²) in [6, 6.07) is 11.6. The van der Waals surface area contributed by atoms with Crippen molar-refractivity contribution in [3.63, 3.8) is 0 Å². The number of benzene rings is 1. The van der Waals surface area contributed by atoms with Crippen molar-refractivity contribution in [3.8, 4) is 0 Å². The number of methoxy groups -OCH3 is 1. The SMILES string of the molecule is COC(=O)c1cccc(NCc2ccccn2)c1C1CC1. The minimum Gasteiger partial charge on any atom is -0.465 e. The summed E-state index contributed by atoms with van der Waals surface area (Å²) in [4.78, 5) is 16.2. The zero-order valence-electron chi connectivity index (χ0n) is 12.0. The highest BCUT2D eigenvalue weighted by Crippen LogP contribution is 2.45. The first-order chi connectivity index (χ1) is 10.3. The van der Waals surface area contributed by atoms with E-state index in [4.69, 9.17) is 4.74 Å². The van der Waals surface area contributed by atoms with Crippen molar-refractivity contribution in [2.75, 3.05) is 12.4 Å². The van der Waals surface area contributed by atoms with Crippen LogP contribution in [0.3, 0.4) is 0 Å². The Morgan fingerprint density at radius 3 is 2.81 bits per heavy atom. The molecule has 1 aromatic carbocycles. The third kappa shape index (κ3) is 3.05. The second kappa shape index (κ2) is 5.95. The van der Waals surface area contributed by atoms with Crippen LogP contribution in [0.2, 0.25) is 0 Å². The Bertz CT molecular complexity index is 636. The number of hydrogen-bond acceptors (Lipinski definition) is 4. The van der Waals surface area contributed by atoms with E-state index < -0.39 is 0 Å². The van der Waals surface area contributed by atoms with Crippen molar-refractivity contribution < 1.29 is 9.53 Å². The van der Waals surface area contributed by atoms with Gasteiger partial charge in [0.2, 0.25) is 0 Å². The number of nitrogens with zero attached hydrogens (tertiary/aromatic N) is 1. The number of nitrogens with one attached hydrogen (secondary N) is 1. The average molecular weight is 282 g/mol. The monoisotopic (exact) mass is 282 g/mol. The summed E-state index contributed by atoms with van der Waals surface area (Å²) in [5.74, 6) is 0.199. The number of hydrogen-bond donors (Lipinski definition) is 1. The lowest BCUT2D eigenvalue weighted by Gasteiger charge is -2.14. The van der Waals surface area contributed by atoms with E-state index in [9.17, 15) is 4.79 Å².